The third-order valence-corrected chi connectivity index (χ3v) is 14.0. The van der Waals surface area contributed by atoms with Crippen LogP contribution in [-0.4, -0.2) is 27.3 Å². The zero-order chi connectivity index (χ0) is 33.5. The van der Waals surface area contributed by atoms with Gasteiger partial charge in [0.05, 0.1) is 5.56 Å². The minimum Gasteiger partial charge on any atom is -0.508 e. The van der Waals surface area contributed by atoms with E-state index in [0.29, 0.717) is 28.0 Å². The fourth-order valence-corrected chi connectivity index (χ4v) is 11.4. The lowest BCUT2D eigenvalue weighted by molar-refractivity contribution is -0.117. The molecule has 0 saturated heterocycles. The molecule has 2 aromatic rings. The Morgan fingerprint density at radius 2 is 1.60 bits per heavy atom. The number of hydrogen-bond donors (Lipinski definition) is 5. The summed E-state index contributed by atoms with van der Waals surface area (Å²) in [5, 5.41) is 37.0. The molecule has 4 saturated carbocycles. The summed E-state index contributed by atoms with van der Waals surface area (Å²) in [5.74, 6) is 5.62. The summed E-state index contributed by atoms with van der Waals surface area (Å²) in [4.78, 5) is 13.5. The van der Waals surface area contributed by atoms with E-state index in [4.69, 9.17) is 0 Å². The highest BCUT2D eigenvalue weighted by atomic mass is 16.3. The summed E-state index contributed by atoms with van der Waals surface area (Å²) >= 11 is 0. The molecule has 6 rings (SSSR count). The standard InChI is InChI=1S/C41H60N2O4/c1-25(2)7-6-8-26(3)34-13-14-35-32-12-9-28-22-30(17-19-40(28,4)36(32)18-20-41(34,35)5)43-39(47)33-23-29(10-15-38(33)46)42-24-27-21-31(44)11-16-37(27)45/h10-11,15-16,21,23,25-26,28,30,32,34-36,42,44-46H,6-9,12-14,17-20,22,24H2,1-5H3,(H,43,47)/t26?,28?,30-,32-,34+,35-,36-,40-,41+/m0/s1. The Morgan fingerprint density at radius 3 is 2.38 bits per heavy atom. The zero-order valence-electron chi connectivity index (χ0n) is 29.5. The van der Waals surface area contributed by atoms with Crippen molar-refractivity contribution in [1.29, 1.82) is 0 Å². The number of nitrogens with one attached hydrogen (secondary N) is 2. The molecule has 4 fully saturated rings. The molecule has 2 unspecified atom stereocenters. The van der Waals surface area contributed by atoms with Crippen LogP contribution >= 0.6 is 0 Å². The van der Waals surface area contributed by atoms with E-state index >= 15 is 0 Å². The van der Waals surface area contributed by atoms with Crippen LogP contribution in [0.5, 0.6) is 17.2 Å². The van der Waals surface area contributed by atoms with E-state index < -0.39 is 0 Å². The van der Waals surface area contributed by atoms with Crippen molar-refractivity contribution in [1.82, 2.24) is 5.32 Å². The van der Waals surface area contributed by atoms with Crippen molar-refractivity contribution in [2.24, 2.45) is 52.3 Å². The summed E-state index contributed by atoms with van der Waals surface area (Å²) < 4.78 is 0. The van der Waals surface area contributed by atoms with E-state index in [1.807, 2.05) is 0 Å². The number of hydrogen-bond acceptors (Lipinski definition) is 5. The van der Waals surface area contributed by atoms with Crippen LogP contribution in [0, 0.1) is 52.3 Å². The van der Waals surface area contributed by atoms with Crippen molar-refractivity contribution in [3.05, 3.63) is 47.5 Å². The number of phenolic OH excluding ortho intramolecular Hbond substituents is 3. The molecule has 6 heteroatoms. The van der Waals surface area contributed by atoms with Crippen molar-refractivity contribution in [3.63, 3.8) is 0 Å². The lowest BCUT2D eigenvalue weighted by Gasteiger charge is -2.61. The molecule has 2 aromatic carbocycles. The van der Waals surface area contributed by atoms with Crippen molar-refractivity contribution in [2.45, 2.75) is 124 Å². The van der Waals surface area contributed by atoms with Gasteiger partial charge in [-0.2, -0.15) is 0 Å². The maximum absolute atomic E-state index is 13.5. The Kier molecular flexibility index (Phi) is 9.80. The summed E-state index contributed by atoms with van der Waals surface area (Å²) in [7, 11) is 0. The molecule has 0 spiro atoms. The Labute approximate surface area is 283 Å². The van der Waals surface area contributed by atoms with E-state index in [9.17, 15) is 20.1 Å². The average Bonchev–Trinajstić information content (AvgIpc) is 3.39. The van der Waals surface area contributed by atoms with Crippen molar-refractivity contribution < 1.29 is 20.1 Å². The van der Waals surface area contributed by atoms with Crippen LogP contribution in [-0.2, 0) is 6.54 Å². The first-order valence-corrected chi connectivity index (χ1v) is 18.8. The molecule has 0 aromatic heterocycles. The Balaban J connectivity index is 1.06. The lowest BCUT2D eigenvalue weighted by Crippen LogP contribution is -2.55. The van der Waals surface area contributed by atoms with Crippen LogP contribution in [0.2, 0.25) is 0 Å². The first-order valence-electron chi connectivity index (χ1n) is 18.8. The van der Waals surface area contributed by atoms with Gasteiger partial charge in [-0.3, -0.25) is 4.79 Å². The fraction of sp³-hybridized carbons (Fsp3) is 0.683. The van der Waals surface area contributed by atoms with Gasteiger partial charge in [-0.15, -0.1) is 0 Å². The van der Waals surface area contributed by atoms with E-state index in [-0.39, 0.29) is 41.3 Å². The highest BCUT2D eigenvalue weighted by Crippen LogP contribution is 2.68. The SMILES string of the molecule is CC(C)CCCC(C)[C@H]1CC[C@H]2[C@@H]3CCC4C[C@@H](NC(=O)c5cc(NCc6cc(O)ccc6O)ccc5O)CC[C@]4(C)[C@H]3CC[C@]12C. The van der Waals surface area contributed by atoms with Crippen LogP contribution in [0.25, 0.3) is 0 Å². The highest BCUT2D eigenvalue weighted by molar-refractivity contribution is 5.98. The number of rotatable bonds is 10. The number of amides is 1. The topological polar surface area (TPSA) is 102 Å². The van der Waals surface area contributed by atoms with Crippen molar-refractivity contribution in [3.8, 4) is 17.2 Å². The second kappa shape index (κ2) is 13.6. The number of carbonyl (C=O) groups is 1. The molecule has 0 heterocycles. The maximum Gasteiger partial charge on any atom is 0.255 e. The minimum atomic E-state index is -0.235. The van der Waals surface area contributed by atoms with Gasteiger partial charge < -0.3 is 26.0 Å². The first-order chi connectivity index (χ1) is 22.4. The van der Waals surface area contributed by atoms with Crippen LogP contribution in [0.1, 0.15) is 128 Å². The molecular formula is C41H60N2O4. The third-order valence-electron chi connectivity index (χ3n) is 14.0. The van der Waals surface area contributed by atoms with Gasteiger partial charge in [0, 0.05) is 23.8 Å². The fourth-order valence-electron chi connectivity index (χ4n) is 11.4. The molecule has 0 aliphatic heterocycles. The molecule has 0 bridgehead atoms. The molecule has 258 valence electrons. The van der Waals surface area contributed by atoms with E-state index in [1.54, 1.807) is 12.1 Å². The number of anilines is 1. The highest BCUT2D eigenvalue weighted by Gasteiger charge is 2.60. The van der Waals surface area contributed by atoms with E-state index in [2.05, 4.69) is 45.3 Å². The largest absolute Gasteiger partial charge is 0.508 e. The van der Waals surface area contributed by atoms with Gasteiger partial charge in [0.2, 0.25) is 0 Å². The number of carbonyl (C=O) groups excluding carboxylic acids is 1. The summed E-state index contributed by atoms with van der Waals surface area (Å²) in [6.45, 7) is 12.8. The van der Waals surface area contributed by atoms with Gasteiger partial charge in [0.25, 0.3) is 5.91 Å². The van der Waals surface area contributed by atoms with Gasteiger partial charge in [0.1, 0.15) is 17.2 Å². The number of phenols is 3. The van der Waals surface area contributed by atoms with Gasteiger partial charge >= 0.3 is 0 Å². The molecule has 0 radical (unpaired) electrons. The van der Waals surface area contributed by atoms with Crippen LogP contribution in [0.15, 0.2) is 36.4 Å². The maximum atomic E-state index is 13.5. The van der Waals surface area contributed by atoms with Crippen molar-refractivity contribution in [2.75, 3.05) is 5.32 Å². The first kappa shape index (κ1) is 34.0. The second-order valence-corrected chi connectivity index (χ2v) is 17.0. The number of fused-ring (bicyclic) bond motifs is 5. The Bertz CT molecular complexity index is 1420. The van der Waals surface area contributed by atoms with Gasteiger partial charge in [-0.05, 0) is 146 Å². The average molecular weight is 645 g/mol. The predicted molar refractivity (Wildman–Crippen MR) is 190 cm³/mol. The lowest BCUT2D eigenvalue weighted by atomic mass is 9.44. The molecule has 9 atom stereocenters. The molecule has 5 N–H and O–H groups in total. The third kappa shape index (κ3) is 6.72. The zero-order valence-corrected chi connectivity index (χ0v) is 29.5. The molecule has 4 aliphatic carbocycles. The Morgan fingerprint density at radius 1 is 0.851 bits per heavy atom. The van der Waals surface area contributed by atoms with Gasteiger partial charge in [0.15, 0.2) is 0 Å². The quantitative estimate of drug-likeness (QED) is 0.166. The monoisotopic (exact) mass is 644 g/mol. The minimum absolute atomic E-state index is 0.0382. The number of benzene rings is 2. The van der Waals surface area contributed by atoms with Gasteiger partial charge in [-0.1, -0.05) is 53.9 Å². The van der Waals surface area contributed by atoms with E-state index in [1.165, 1.54) is 88.5 Å². The summed E-state index contributed by atoms with van der Waals surface area (Å²) in [6.07, 6.45) is 15.6. The molecule has 4 aliphatic rings. The molecule has 1 amide bonds. The van der Waals surface area contributed by atoms with Crippen molar-refractivity contribution >= 4 is 11.6 Å². The van der Waals surface area contributed by atoms with Crippen LogP contribution in [0.3, 0.4) is 0 Å². The summed E-state index contributed by atoms with van der Waals surface area (Å²) in [6, 6.07) is 9.44. The number of aromatic hydroxyl groups is 3. The van der Waals surface area contributed by atoms with Crippen LogP contribution in [0.4, 0.5) is 5.69 Å². The molecule has 47 heavy (non-hydrogen) atoms. The second-order valence-electron chi connectivity index (χ2n) is 17.0. The van der Waals surface area contributed by atoms with E-state index in [0.717, 1.165) is 48.3 Å². The smallest absolute Gasteiger partial charge is 0.255 e. The normalized spacial score (nSPS) is 33.8. The van der Waals surface area contributed by atoms with Crippen LogP contribution < -0.4 is 10.6 Å². The predicted octanol–water partition coefficient (Wildman–Crippen LogP) is 9.64. The Hall–Kier alpha value is -2.89. The molecular weight excluding hydrogens is 584 g/mol. The van der Waals surface area contributed by atoms with Gasteiger partial charge in [-0.25, -0.2) is 0 Å². The summed E-state index contributed by atoms with van der Waals surface area (Å²) in [5.41, 5.74) is 2.34. The molecule has 6 nitrogen and oxygen atoms in total.